The van der Waals surface area contributed by atoms with Gasteiger partial charge in [-0.1, -0.05) is 42.5 Å². The number of hydrogen-bond donors (Lipinski definition) is 3. The Morgan fingerprint density at radius 1 is 1.27 bits per heavy atom. The lowest BCUT2D eigenvalue weighted by atomic mass is 9.82. The number of carbonyl (C=O) groups is 1. The van der Waals surface area contributed by atoms with Gasteiger partial charge in [0.15, 0.2) is 0 Å². The van der Waals surface area contributed by atoms with Crippen LogP contribution in [0.1, 0.15) is 31.2 Å². The molecule has 0 radical (unpaired) electrons. The zero-order valence-corrected chi connectivity index (χ0v) is 13.4. The molecule has 0 aliphatic heterocycles. The fourth-order valence-electron chi connectivity index (χ4n) is 2.79. The zero-order valence-electron chi connectivity index (χ0n) is 12.5. The molecule has 1 saturated carbocycles. The molecule has 5 N–H and O–H groups in total. The summed E-state index contributed by atoms with van der Waals surface area (Å²) in [6, 6.07) is 9.54. The molecule has 0 saturated heterocycles. The summed E-state index contributed by atoms with van der Waals surface area (Å²) in [5.74, 6) is 0.316. The quantitative estimate of drug-likeness (QED) is 0.722. The molecule has 1 aromatic carbocycles. The van der Waals surface area contributed by atoms with E-state index in [0.717, 1.165) is 31.2 Å². The summed E-state index contributed by atoms with van der Waals surface area (Å²) in [5, 5.41) is 2.91. The summed E-state index contributed by atoms with van der Waals surface area (Å²) in [4.78, 5) is 12.2. The van der Waals surface area contributed by atoms with Gasteiger partial charge in [0.25, 0.3) is 0 Å². The molecule has 0 heterocycles. The first-order chi connectivity index (χ1) is 10.6. The van der Waals surface area contributed by atoms with Gasteiger partial charge in [-0.05, 0) is 37.2 Å². The number of amides is 1. The molecule has 1 aliphatic carbocycles. The second kappa shape index (κ2) is 8.10. The lowest BCUT2D eigenvalue weighted by Gasteiger charge is -2.31. The van der Waals surface area contributed by atoms with Crippen LogP contribution in [0.2, 0.25) is 0 Å². The van der Waals surface area contributed by atoms with Crippen molar-refractivity contribution in [3.8, 4) is 0 Å². The number of benzene rings is 1. The molecule has 1 amide bonds. The topological polar surface area (TPSA) is 90.4 Å². The van der Waals surface area contributed by atoms with E-state index in [1.54, 1.807) is 0 Å². The number of alkyl carbamates (subject to hydrolysis) is 1. The van der Waals surface area contributed by atoms with E-state index < -0.39 is 0 Å². The summed E-state index contributed by atoms with van der Waals surface area (Å²) < 4.78 is 5.23. The highest BCUT2D eigenvalue weighted by molar-refractivity contribution is 7.80. The molecule has 0 aromatic heterocycles. The number of nitrogens with two attached hydrogens (primary N) is 2. The Labute approximate surface area is 136 Å². The van der Waals surface area contributed by atoms with Crippen LogP contribution in [0.3, 0.4) is 0 Å². The molecule has 1 atom stereocenters. The minimum atomic E-state index is -0.369. The van der Waals surface area contributed by atoms with Gasteiger partial charge in [-0.3, -0.25) is 0 Å². The largest absolute Gasteiger partial charge is 0.445 e. The molecule has 6 heteroatoms. The molecule has 1 fully saturated rings. The minimum absolute atomic E-state index is 0.137. The van der Waals surface area contributed by atoms with Gasteiger partial charge in [-0.15, -0.1) is 0 Å². The molecule has 0 spiro atoms. The Kier molecular flexibility index (Phi) is 6.15. The highest BCUT2D eigenvalue weighted by Crippen LogP contribution is 2.26. The number of hydrogen-bond acceptors (Lipinski definition) is 4. The normalized spacial score (nSPS) is 22.6. The van der Waals surface area contributed by atoms with Gasteiger partial charge < -0.3 is 21.5 Å². The van der Waals surface area contributed by atoms with Gasteiger partial charge in [-0.25, -0.2) is 4.79 Å². The number of nitrogens with one attached hydrogen (secondary N) is 1. The van der Waals surface area contributed by atoms with Gasteiger partial charge in [0, 0.05) is 6.04 Å². The van der Waals surface area contributed by atoms with Crippen molar-refractivity contribution in [3.05, 3.63) is 35.9 Å². The zero-order chi connectivity index (χ0) is 15.9. The highest BCUT2D eigenvalue weighted by atomic mass is 32.1. The Hall–Kier alpha value is -1.66. The van der Waals surface area contributed by atoms with E-state index in [4.69, 9.17) is 28.4 Å². The van der Waals surface area contributed by atoms with Crippen molar-refractivity contribution in [2.24, 2.45) is 17.4 Å². The highest BCUT2D eigenvalue weighted by Gasteiger charge is 2.27. The van der Waals surface area contributed by atoms with E-state index >= 15 is 0 Å². The van der Waals surface area contributed by atoms with Crippen molar-refractivity contribution in [1.29, 1.82) is 0 Å². The lowest BCUT2D eigenvalue weighted by molar-refractivity contribution is 0.131. The summed E-state index contributed by atoms with van der Waals surface area (Å²) >= 11 is 4.94. The first kappa shape index (κ1) is 16.7. The van der Waals surface area contributed by atoms with E-state index in [1.807, 2.05) is 30.3 Å². The Morgan fingerprint density at radius 3 is 2.50 bits per heavy atom. The standard InChI is InChI=1S/C16H23N3O2S/c17-14(15(18)22)12-6-8-13(9-7-12)19-16(20)21-10-11-4-2-1-3-5-11/h1-5,12-14H,6-10,17H2,(H2,18,22)(H,19,20)/t12-,13-,14?. The SMILES string of the molecule is NC(=S)C(N)[C@H]1CC[C@H](NC(=O)OCc2ccccc2)CC1. The molecular weight excluding hydrogens is 298 g/mol. The van der Waals surface area contributed by atoms with Crippen molar-refractivity contribution in [1.82, 2.24) is 5.32 Å². The summed E-state index contributed by atoms with van der Waals surface area (Å²) in [7, 11) is 0. The molecular formula is C16H23N3O2S. The van der Waals surface area contributed by atoms with E-state index in [1.165, 1.54) is 0 Å². The third-order valence-corrected chi connectivity index (χ3v) is 4.42. The molecule has 1 unspecified atom stereocenters. The van der Waals surface area contributed by atoms with Crippen molar-refractivity contribution in [2.45, 2.75) is 44.4 Å². The number of ether oxygens (including phenoxy) is 1. The third-order valence-electron chi connectivity index (χ3n) is 4.14. The maximum absolute atomic E-state index is 11.8. The van der Waals surface area contributed by atoms with Gasteiger partial charge in [0.1, 0.15) is 6.61 Å². The van der Waals surface area contributed by atoms with Gasteiger partial charge in [0.2, 0.25) is 0 Å². The second-order valence-corrected chi connectivity index (χ2v) is 6.22. The van der Waals surface area contributed by atoms with Crippen LogP contribution in [0, 0.1) is 5.92 Å². The van der Waals surface area contributed by atoms with Gasteiger partial charge in [0.05, 0.1) is 11.0 Å². The fraction of sp³-hybridized carbons (Fsp3) is 0.500. The van der Waals surface area contributed by atoms with Crippen LogP contribution in [-0.4, -0.2) is 23.2 Å². The molecule has 1 aliphatic rings. The first-order valence-corrected chi connectivity index (χ1v) is 7.99. The Balaban J connectivity index is 1.69. The summed E-state index contributed by atoms with van der Waals surface area (Å²) in [5.41, 5.74) is 12.5. The van der Waals surface area contributed by atoms with E-state index in [0.29, 0.717) is 10.9 Å². The van der Waals surface area contributed by atoms with Crippen molar-refractivity contribution < 1.29 is 9.53 Å². The third kappa shape index (κ3) is 4.96. The van der Waals surface area contributed by atoms with Gasteiger partial charge in [-0.2, -0.15) is 0 Å². The molecule has 0 bridgehead atoms. The molecule has 5 nitrogen and oxygen atoms in total. The Morgan fingerprint density at radius 2 is 1.91 bits per heavy atom. The average Bonchev–Trinajstić information content (AvgIpc) is 2.54. The lowest BCUT2D eigenvalue weighted by Crippen LogP contribution is -2.45. The molecule has 2 rings (SSSR count). The van der Waals surface area contributed by atoms with E-state index in [-0.39, 0.29) is 24.8 Å². The van der Waals surface area contributed by atoms with Crippen molar-refractivity contribution in [3.63, 3.8) is 0 Å². The smallest absolute Gasteiger partial charge is 0.407 e. The number of thiocarbonyl (C=S) groups is 1. The monoisotopic (exact) mass is 321 g/mol. The minimum Gasteiger partial charge on any atom is -0.445 e. The first-order valence-electron chi connectivity index (χ1n) is 7.58. The Bertz CT molecular complexity index is 501. The predicted octanol–water partition coefficient (Wildman–Crippen LogP) is 2.08. The van der Waals surface area contributed by atoms with Crippen LogP contribution < -0.4 is 16.8 Å². The fourth-order valence-corrected chi connectivity index (χ4v) is 2.98. The second-order valence-electron chi connectivity index (χ2n) is 5.75. The van der Waals surface area contributed by atoms with E-state index in [9.17, 15) is 4.79 Å². The number of carbonyl (C=O) groups excluding carboxylic acids is 1. The predicted molar refractivity (Wildman–Crippen MR) is 90.3 cm³/mol. The molecule has 1 aromatic rings. The molecule has 120 valence electrons. The average molecular weight is 321 g/mol. The van der Waals surface area contributed by atoms with Crippen LogP contribution in [0.25, 0.3) is 0 Å². The van der Waals surface area contributed by atoms with Crippen LogP contribution in [-0.2, 0) is 11.3 Å². The number of rotatable bonds is 5. The van der Waals surface area contributed by atoms with Crippen LogP contribution in [0.5, 0.6) is 0 Å². The maximum Gasteiger partial charge on any atom is 0.407 e. The summed E-state index contributed by atoms with van der Waals surface area (Å²) in [6.45, 7) is 0.286. The van der Waals surface area contributed by atoms with Crippen molar-refractivity contribution >= 4 is 23.3 Å². The van der Waals surface area contributed by atoms with Crippen LogP contribution in [0.15, 0.2) is 30.3 Å². The van der Waals surface area contributed by atoms with Gasteiger partial charge >= 0.3 is 6.09 Å². The summed E-state index contributed by atoms with van der Waals surface area (Å²) in [6.07, 6.45) is 3.22. The van der Waals surface area contributed by atoms with Crippen LogP contribution >= 0.6 is 12.2 Å². The van der Waals surface area contributed by atoms with Crippen molar-refractivity contribution in [2.75, 3.05) is 0 Å². The maximum atomic E-state index is 11.8. The van der Waals surface area contributed by atoms with E-state index in [2.05, 4.69) is 5.32 Å². The molecule has 22 heavy (non-hydrogen) atoms. The van der Waals surface area contributed by atoms with Crippen LogP contribution in [0.4, 0.5) is 4.79 Å².